The maximum Gasteiger partial charge on any atom is 0.345 e. The van der Waals surface area contributed by atoms with E-state index < -0.39 is 23.6 Å². The van der Waals surface area contributed by atoms with Crippen LogP contribution in [-0.4, -0.2) is 36.5 Å². The molecule has 0 aliphatic carbocycles. The summed E-state index contributed by atoms with van der Waals surface area (Å²) in [6.07, 6.45) is -0.543. The molecule has 0 saturated carbocycles. The highest BCUT2D eigenvalue weighted by Crippen LogP contribution is 2.30. The van der Waals surface area contributed by atoms with Gasteiger partial charge in [-0.05, 0) is 48.2 Å². The second-order valence-electron chi connectivity index (χ2n) is 8.02. The van der Waals surface area contributed by atoms with Crippen LogP contribution >= 0.6 is 0 Å². The van der Waals surface area contributed by atoms with E-state index in [1.807, 2.05) is 39.0 Å². The average Bonchev–Trinajstić information content (AvgIpc) is 2.69. The molecule has 2 aromatic rings. The number of methoxy groups -OCH3 is 2. The summed E-state index contributed by atoms with van der Waals surface area (Å²) in [5.74, 6) is 0.720. The van der Waals surface area contributed by atoms with Crippen molar-refractivity contribution in [3.8, 4) is 17.2 Å². The molecule has 0 aliphatic rings. The number of benzene rings is 2. The van der Waals surface area contributed by atoms with Crippen LogP contribution in [0.4, 0.5) is 0 Å². The summed E-state index contributed by atoms with van der Waals surface area (Å²) in [6.45, 7) is 5.44. The van der Waals surface area contributed by atoms with E-state index in [9.17, 15) is 15.0 Å². The molecule has 0 bridgehead atoms. The van der Waals surface area contributed by atoms with Crippen LogP contribution in [0.15, 0.2) is 42.5 Å². The molecule has 158 valence electrons. The molecule has 0 aliphatic heterocycles. The van der Waals surface area contributed by atoms with Gasteiger partial charge in [0.05, 0.1) is 20.3 Å². The van der Waals surface area contributed by atoms with E-state index in [0.717, 1.165) is 5.56 Å². The second-order valence-corrected chi connectivity index (χ2v) is 8.02. The lowest BCUT2D eigenvalue weighted by Gasteiger charge is -2.27. The Morgan fingerprint density at radius 1 is 1.03 bits per heavy atom. The van der Waals surface area contributed by atoms with Crippen molar-refractivity contribution in [3.05, 3.63) is 53.6 Å². The predicted octanol–water partition coefficient (Wildman–Crippen LogP) is 4.25. The zero-order valence-corrected chi connectivity index (χ0v) is 17.6. The highest BCUT2D eigenvalue weighted by molar-refractivity contribution is 5.73. The Balaban J connectivity index is 2.07. The number of hydrogen-bond acceptors (Lipinski definition) is 5. The Bertz CT molecular complexity index is 824. The molecule has 29 heavy (non-hydrogen) atoms. The molecule has 2 N–H and O–H groups in total. The van der Waals surface area contributed by atoms with E-state index in [1.54, 1.807) is 38.5 Å². The molecule has 0 spiro atoms. The molecule has 0 amide bonds. The molecule has 0 heterocycles. The average molecular weight is 402 g/mol. The van der Waals surface area contributed by atoms with Gasteiger partial charge >= 0.3 is 5.97 Å². The van der Waals surface area contributed by atoms with Gasteiger partial charge in [-0.2, -0.15) is 0 Å². The Hall–Kier alpha value is -2.73. The number of rotatable bonds is 9. The quantitative estimate of drug-likeness (QED) is 0.652. The molecule has 0 fully saturated rings. The molecular weight excluding hydrogens is 372 g/mol. The molecule has 2 rings (SSSR count). The number of aliphatic hydroxyl groups is 1. The number of carboxylic acids is 1. The fourth-order valence-electron chi connectivity index (χ4n) is 3.04. The van der Waals surface area contributed by atoms with Gasteiger partial charge in [0, 0.05) is 5.41 Å². The Morgan fingerprint density at radius 2 is 1.72 bits per heavy atom. The first-order valence-electron chi connectivity index (χ1n) is 9.54. The Labute approximate surface area is 172 Å². The lowest BCUT2D eigenvalue weighted by atomic mass is 9.89. The number of carbonyl (C=O) groups is 1. The maximum absolute atomic E-state index is 11.5. The number of aliphatic carboxylic acids is 1. The zero-order chi connectivity index (χ0) is 21.6. The summed E-state index contributed by atoms with van der Waals surface area (Å²) < 4.78 is 16.3. The first-order chi connectivity index (χ1) is 13.7. The third-order valence-corrected chi connectivity index (χ3v) is 4.66. The van der Waals surface area contributed by atoms with Crippen molar-refractivity contribution in [2.45, 2.75) is 45.8 Å². The van der Waals surface area contributed by atoms with Crippen molar-refractivity contribution < 1.29 is 29.2 Å². The zero-order valence-electron chi connectivity index (χ0n) is 17.6. The van der Waals surface area contributed by atoms with Crippen LogP contribution in [0.3, 0.4) is 0 Å². The molecule has 2 aromatic carbocycles. The molecule has 6 heteroatoms. The standard InChI is InChI=1S/C23H30O6/c1-23(2,3)21(22(25)26)29-17-8-6-7-16(14-17)18(24)11-9-15-10-12-19(27-4)20(13-15)28-5/h6-8,10,12-14,18,21,24H,9,11H2,1-5H3,(H,25,26). The largest absolute Gasteiger partial charge is 0.493 e. The summed E-state index contributed by atoms with van der Waals surface area (Å²) in [5.41, 5.74) is 1.14. The number of hydrogen-bond donors (Lipinski definition) is 2. The van der Waals surface area contributed by atoms with Gasteiger partial charge in [-0.25, -0.2) is 4.79 Å². The van der Waals surface area contributed by atoms with Gasteiger partial charge in [0.15, 0.2) is 17.6 Å². The predicted molar refractivity (Wildman–Crippen MR) is 111 cm³/mol. The van der Waals surface area contributed by atoms with E-state index in [2.05, 4.69) is 0 Å². The van der Waals surface area contributed by atoms with Crippen molar-refractivity contribution in [1.82, 2.24) is 0 Å². The van der Waals surface area contributed by atoms with Gasteiger partial charge in [0.2, 0.25) is 0 Å². The lowest BCUT2D eigenvalue weighted by Crippen LogP contribution is -2.39. The van der Waals surface area contributed by atoms with Gasteiger partial charge in [-0.1, -0.05) is 39.0 Å². The van der Waals surface area contributed by atoms with Crippen molar-refractivity contribution in [2.24, 2.45) is 5.41 Å². The molecule has 0 aromatic heterocycles. The van der Waals surface area contributed by atoms with E-state index in [0.29, 0.717) is 35.7 Å². The van der Waals surface area contributed by atoms with E-state index in [1.165, 1.54) is 0 Å². The maximum atomic E-state index is 11.5. The molecule has 2 atom stereocenters. The fraction of sp³-hybridized carbons (Fsp3) is 0.435. The topological polar surface area (TPSA) is 85.2 Å². The lowest BCUT2D eigenvalue weighted by molar-refractivity contribution is -0.150. The number of aliphatic hydroxyl groups excluding tert-OH is 1. The van der Waals surface area contributed by atoms with Crippen LogP contribution in [0.25, 0.3) is 0 Å². The van der Waals surface area contributed by atoms with Crippen molar-refractivity contribution in [2.75, 3.05) is 14.2 Å². The fourth-order valence-corrected chi connectivity index (χ4v) is 3.04. The first-order valence-corrected chi connectivity index (χ1v) is 9.54. The highest BCUT2D eigenvalue weighted by Gasteiger charge is 2.33. The Morgan fingerprint density at radius 3 is 2.31 bits per heavy atom. The molecule has 0 radical (unpaired) electrons. The number of ether oxygens (including phenoxy) is 3. The van der Waals surface area contributed by atoms with Crippen molar-refractivity contribution >= 4 is 5.97 Å². The van der Waals surface area contributed by atoms with Crippen molar-refractivity contribution in [3.63, 3.8) is 0 Å². The summed E-state index contributed by atoms with van der Waals surface area (Å²) in [5, 5.41) is 20.1. The van der Waals surface area contributed by atoms with E-state index in [-0.39, 0.29) is 0 Å². The molecule has 0 saturated heterocycles. The second kappa shape index (κ2) is 9.65. The summed E-state index contributed by atoms with van der Waals surface area (Å²) >= 11 is 0. The first kappa shape index (κ1) is 22.6. The smallest absolute Gasteiger partial charge is 0.345 e. The van der Waals surface area contributed by atoms with Gasteiger partial charge in [0.1, 0.15) is 5.75 Å². The minimum atomic E-state index is -1.02. The van der Waals surface area contributed by atoms with Crippen LogP contribution in [0.2, 0.25) is 0 Å². The summed E-state index contributed by atoms with van der Waals surface area (Å²) in [4.78, 5) is 11.5. The van der Waals surface area contributed by atoms with Crippen LogP contribution in [0.5, 0.6) is 17.2 Å². The third kappa shape index (κ3) is 6.12. The summed E-state index contributed by atoms with van der Waals surface area (Å²) in [6, 6.07) is 12.6. The molecular formula is C23H30O6. The van der Waals surface area contributed by atoms with Gasteiger partial charge in [-0.3, -0.25) is 0 Å². The number of aryl methyl sites for hydroxylation is 1. The Kier molecular flexibility index (Phi) is 7.51. The third-order valence-electron chi connectivity index (χ3n) is 4.66. The van der Waals surface area contributed by atoms with Crippen LogP contribution < -0.4 is 14.2 Å². The van der Waals surface area contributed by atoms with Gasteiger partial charge in [-0.15, -0.1) is 0 Å². The monoisotopic (exact) mass is 402 g/mol. The van der Waals surface area contributed by atoms with Crippen LogP contribution in [0, 0.1) is 5.41 Å². The molecule has 2 unspecified atom stereocenters. The minimum Gasteiger partial charge on any atom is -0.493 e. The highest BCUT2D eigenvalue weighted by atomic mass is 16.5. The SMILES string of the molecule is COc1ccc(CCC(O)c2cccc(OC(C(=O)O)C(C)(C)C)c2)cc1OC. The van der Waals surface area contributed by atoms with Crippen LogP contribution in [0.1, 0.15) is 44.4 Å². The van der Waals surface area contributed by atoms with Gasteiger partial charge in [0.25, 0.3) is 0 Å². The normalized spacial score (nSPS) is 13.4. The summed E-state index contributed by atoms with van der Waals surface area (Å²) in [7, 11) is 3.18. The van der Waals surface area contributed by atoms with E-state index in [4.69, 9.17) is 14.2 Å². The van der Waals surface area contributed by atoms with Crippen LogP contribution in [-0.2, 0) is 11.2 Å². The molecule has 6 nitrogen and oxygen atoms in total. The van der Waals surface area contributed by atoms with Crippen molar-refractivity contribution in [1.29, 1.82) is 0 Å². The number of carboxylic acid groups (broad SMARTS) is 1. The van der Waals surface area contributed by atoms with E-state index >= 15 is 0 Å². The minimum absolute atomic E-state index is 0.426. The van der Waals surface area contributed by atoms with Gasteiger partial charge < -0.3 is 24.4 Å².